The Morgan fingerprint density at radius 1 is 1.10 bits per heavy atom. The first-order chi connectivity index (χ1) is 14.1. The molecule has 0 bridgehead atoms. The van der Waals surface area contributed by atoms with E-state index in [1.54, 1.807) is 6.07 Å². The number of alkyl halides is 3. The Morgan fingerprint density at radius 3 is 2.47 bits per heavy atom. The number of anilines is 1. The molecule has 0 fully saturated rings. The SMILES string of the molecule is COC(=O)CNC(=O)COc1ccccc1C(=O)Nc1ccc(Cl)c(C(F)(F)F)c1. The highest BCUT2D eigenvalue weighted by atomic mass is 35.5. The zero-order valence-electron chi connectivity index (χ0n) is 15.5. The minimum atomic E-state index is -4.68. The molecule has 11 heteroatoms. The van der Waals surface area contributed by atoms with E-state index in [4.69, 9.17) is 16.3 Å². The van der Waals surface area contributed by atoms with Gasteiger partial charge in [-0.05, 0) is 30.3 Å². The van der Waals surface area contributed by atoms with Gasteiger partial charge in [0.25, 0.3) is 11.8 Å². The highest BCUT2D eigenvalue weighted by Crippen LogP contribution is 2.36. The van der Waals surface area contributed by atoms with E-state index in [9.17, 15) is 27.6 Å². The van der Waals surface area contributed by atoms with Crippen LogP contribution >= 0.6 is 11.6 Å². The fourth-order valence-electron chi connectivity index (χ4n) is 2.24. The van der Waals surface area contributed by atoms with Gasteiger partial charge < -0.3 is 20.1 Å². The number of hydrogen-bond donors (Lipinski definition) is 2. The molecule has 0 spiro atoms. The molecule has 160 valence electrons. The van der Waals surface area contributed by atoms with Crippen molar-refractivity contribution < 1.29 is 37.0 Å². The Kier molecular flexibility index (Phi) is 7.65. The predicted octanol–water partition coefficient (Wildman–Crippen LogP) is 3.28. The molecule has 0 atom stereocenters. The lowest BCUT2D eigenvalue weighted by Gasteiger charge is -2.13. The van der Waals surface area contributed by atoms with Crippen LogP contribution < -0.4 is 15.4 Å². The minimum Gasteiger partial charge on any atom is -0.483 e. The topological polar surface area (TPSA) is 93.7 Å². The fraction of sp³-hybridized carbons (Fsp3) is 0.211. The van der Waals surface area contributed by atoms with Crippen molar-refractivity contribution in [1.29, 1.82) is 0 Å². The van der Waals surface area contributed by atoms with Gasteiger partial charge in [-0.3, -0.25) is 14.4 Å². The minimum absolute atomic E-state index is 0.0122. The zero-order valence-corrected chi connectivity index (χ0v) is 16.3. The van der Waals surface area contributed by atoms with Crippen LogP contribution in [0.2, 0.25) is 5.02 Å². The van der Waals surface area contributed by atoms with Crippen LogP contribution in [0.3, 0.4) is 0 Å². The standard InChI is InChI=1S/C19H16ClF3N2O5/c1-29-17(27)9-24-16(26)10-30-15-5-3-2-4-12(15)18(28)25-11-6-7-14(20)13(8-11)19(21,22)23/h2-8H,9-10H2,1H3,(H,24,26)(H,25,28). The van der Waals surface area contributed by atoms with E-state index < -0.39 is 41.2 Å². The van der Waals surface area contributed by atoms with Gasteiger partial charge in [-0.25, -0.2) is 0 Å². The van der Waals surface area contributed by atoms with Gasteiger partial charge in [0.15, 0.2) is 6.61 Å². The summed E-state index contributed by atoms with van der Waals surface area (Å²) in [5.74, 6) is -2.02. The van der Waals surface area contributed by atoms with Gasteiger partial charge in [0, 0.05) is 5.69 Å². The average Bonchev–Trinajstić information content (AvgIpc) is 2.71. The molecular weight excluding hydrogens is 429 g/mol. The highest BCUT2D eigenvalue weighted by Gasteiger charge is 2.33. The zero-order chi connectivity index (χ0) is 22.3. The van der Waals surface area contributed by atoms with Gasteiger partial charge in [-0.2, -0.15) is 13.2 Å². The number of carbonyl (C=O) groups is 3. The number of hydrogen-bond acceptors (Lipinski definition) is 5. The first kappa shape index (κ1) is 23.0. The molecule has 7 nitrogen and oxygen atoms in total. The van der Waals surface area contributed by atoms with E-state index >= 15 is 0 Å². The normalized spacial score (nSPS) is 10.8. The lowest BCUT2D eigenvalue weighted by molar-refractivity contribution is -0.141. The summed E-state index contributed by atoms with van der Waals surface area (Å²) in [6.45, 7) is -0.848. The summed E-state index contributed by atoms with van der Waals surface area (Å²) in [5.41, 5.74) is -1.22. The van der Waals surface area contributed by atoms with Crippen LogP contribution in [0.4, 0.5) is 18.9 Å². The molecule has 0 aliphatic heterocycles. The van der Waals surface area contributed by atoms with Crippen molar-refractivity contribution in [2.45, 2.75) is 6.18 Å². The van der Waals surface area contributed by atoms with Crippen LogP contribution in [-0.4, -0.2) is 38.0 Å². The van der Waals surface area contributed by atoms with Crippen molar-refractivity contribution in [3.05, 3.63) is 58.6 Å². The van der Waals surface area contributed by atoms with Crippen LogP contribution in [-0.2, 0) is 20.5 Å². The summed E-state index contributed by atoms with van der Waals surface area (Å²) in [7, 11) is 1.16. The summed E-state index contributed by atoms with van der Waals surface area (Å²) in [4.78, 5) is 35.2. The van der Waals surface area contributed by atoms with Crippen molar-refractivity contribution in [2.24, 2.45) is 0 Å². The maximum atomic E-state index is 13.0. The Bertz CT molecular complexity index is 950. The predicted molar refractivity (Wildman–Crippen MR) is 101 cm³/mol. The average molecular weight is 445 g/mol. The Labute approximate surface area is 174 Å². The first-order valence-electron chi connectivity index (χ1n) is 8.35. The number of esters is 1. The summed E-state index contributed by atoms with van der Waals surface area (Å²) in [6, 6.07) is 8.80. The molecule has 2 aromatic carbocycles. The van der Waals surface area contributed by atoms with E-state index in [0.29, 0.717) is 6.07 Å². The third kappa shape index (κ3) is 6.38. The van der Waals surface area contributed by atoms with E-state index in [0.717, 1.165) is 13.2 Å². The molecular formula is C19H16ClF3N2O5. The number of rotatable bonds is 7. The van der Waals surface area contributed by atoms with Gasteiger partial charge in [0.05, 0.1) is 23.3 Å². The molecule has 0 aromatic heterocycles. The molecule has 2 aromatic rings. The van der Waals surface area contributed by atoms with Crippen LogP contribution in [0.25, 0.3) is 0 Å². The van der Waals surface area contributed by atoms with Gasteiger partial charge in [-0.1, -0.05) is 23.7 Å². The molecule has 0 unspecified atom stereocenters. The van der Waals surface area contributed by atoms with Crippen molar-refractivity contribution in [1.82, 2.24) is 5.32 Å². The van der Waals surface area contributed by atoms with E-state index in [-0.39, 0.29) is 23.5 Å². The maximum Gasteiger partial charge on any atom is 0.417 e. The maximum absolute atomic E-state index is 13.0. The molecule has 0 aliphatic rings. The number of halogens is 4. The van der Waals surface area contributed by atoms with E-state index in [2.05, 4.69) is 15.4 Å². The quantitative estimate of drug-likeness (QED) is 0.639. The Morgan fingerprint density at radius 2 is 1.80 bits per heavy atom. The molecule has 2 N–H and O–H groups in total. The number of amides is 2. The lowest BCUT2D eigenvalue weighted by Crippen LogP contribution is -2.34. The monoisotopic (exact) mass is 444 g/mol. The van der Waals surface area contributed by atoms with Gasteiger partial charge in [0.1, 0.15) is 12.3 Å². The molecule has 30 heavy (non-hydrogen) atoms. The van der Waals surface area contributed by atoms with Crippen LogP contribution in [0.1, 0.15) is 15.9 Å². The van der Waals surface area contributed by atoms with Crippen LogP contribution in [0.5, 0.6) is 5.75 Å². The molecule has 0 heterocycles. The van der Waals surface area contributed by atoms with Gasteiger partial charge in [-0.15, -0.1) is 0 Å². The smallest absolute Gasteiger partial charge is 0.417 e. The molecule has 2 amide bonds. The second kappa shape index (κ2) is 9.97. The number of nitrogens with one attached hydrogen (secondary N) is 2. The third-order valence-electron chi connectivity index (χ3n) is 3.68. The molecule has 0 saturated carbocycles. The summed E-state index contributed by atoms with van der Waals surface area (Å²) in [6.07, 6.45) is -4.68. The van der Waals surface area contributed by atoms with Crippen LogP contribution in [0.15, 0.2) is 42.5 Å². The first-order valence-corrected chi connectivity index (χ1v) is 8.73. The van der Waals surface area contributed by atoms with E-state index in [1.165, 1.54) is 24.3 Å². The second-order valence-corrected chi connectivity index (χ2v) is 6.19. The van der Waals surface area contributed by atoms with Crippen molar-refractivity contribution in [3.63, 3.8) is 0 Å². The second-order valence-electron chi connectivity index (χ2n) is 5.78. The largest absolute Gasteiger partial charge is 0.483 e. The summed E-state index contributed by atoms with van der Waals surface area (Å²) in [5, 5.41) is 4.10. The van der Waals surface area contributed by atoms with Crippen molar-refractivity contribution in [2.75, 3.05) is 25.6 Å². The van der Waals surface area contributed by atoms with Crippen molar-refractivity contribution in [3.8, 4) is 5.75 Å². The van der Waals surface area contributed by atoms with Crippen molar-refractivity contribution >= 4 is 35.1 Å². The fourth-order valence-corrected chi connectivity index (χ4v) is 2.46. The van der Waals surface area contributed by atoms with Crippen LogP contribution in [0, 0.1) is 0 Å². The molecule has 0 radical (unpaired) electrons. The van der Waals surface area contributed by atoms with Gasteiger partial charge >= 0.3 is 12.1 Å². The third-order valence-corrected chi connectivity index (χ3v) is 4.01. The Hall–Kier alpha value is -3.27. The Balaban J connectivity index is 2.09. The number of para-hydroxylation sites is 1. The number of methoxy groups -OCH3 is 1. The number of ether oxygens (including phenoxy) is 2. The molecule has 0 saturated heterocycles. The molecule has 2 rings (SSSR count). The summed E-state index contributed by atoms with van der Waals surface area (Å²) < 4.78 is 48.6. The lowest BCUT2D eigenvalue weighted by atomic mass is 10.1. The number of carbonyl (C=O) groups excluding carboxylic acids is 3. The molecule has 0 aliphatic carbocycles. The number of benzene rings is 2. The summed E-state index contributed by atoms with van der Waals surface area (Å²) >= 11 is 5.57. The van der Waals surface area contributed by atoms with E-state index in [1.807, 2.05) is 0 Å². The highest BCUT2D eigenvalue weighted by molar-refractivity contribution is 6.31. The van der Waals surface area contributed by atoms with Gasteiger partial charge in [0.2, 0.25) is 0 Å².